The summed E-state index contributed by atoms with van der Waals surface area (Å²) in [4.78, 5) is 11.7. The van der Waals surface area contributed by atoms with E-state index in [1.165, 1.54) is 19.2 Å². The lowest BCUT2D eigenvalue weighted by molar-refractivity contribution is -0.274. The van der Waals surface area contributed by atoms with Gasteiger partial charge < -0.3 is 20.5 Å². The summed E-state index contributed by atoms with van der Waals surface area (Å²) in [5.74, 6) is -0.764. The molecule has 1 aromatic rings. The zero-order valence-electron chi connectivity index (χ0n) is 11.4. The van der Waals surface area contributed by atoms with Gasteiger partial charge in [-0.3, -0.25) is 4.79 Å². The van der Waals surface area contributed by atoms with E-state index in [9.17, 15) is 18.0 Å². The third kappa shape index (κ3) is 6.96. The molecule has 1 amide bonds. The van der Waals surface area contributed by atoms with Crippen LogP contribution in [0.4, 0.5) is 13.2 Å². The fourth-order valence-electron chi connectivity index (χ4n) is 1.58. The van der Waals surface area contributed by atoms with Crippen LogP contribution in [0.5, 0.6) is 5.75 Å². The van der Waals surface area contributed by atoms with Crippen LogP contribution in [0.3, 0.4) is 0 Å². The van der Waals surface area contributed by atoms with E-state index in [0.717, 1.165) is 12.1 Å². The second-order valence-electron chi connectivity index (χ2n) is 4.33. The van der Waals surface area contributed by atoms with Crippen LogP contribution in [0.1, 0.15) is 16.8 Å². The molecule has 1 atom stereocenters. The molecule has 5 nitrogen and oxygen atoms in total. The summed E-state index contributed by atoms with van der Waals surface area (Å²) in [7, 11) is 1.53. The summed E-state index contributed by atoms with van der Waals surface area (Å²) in [6.07, 6.45) is -4.21. The lowest BCUT2D eigenvalue weighted by Gasteiger charge is -2.11. The summed E-state index contributed by atoms with van der Waals surface area (Å²) in [5.41, 5.74) is 5.93. The van der Waals surface area contributed by atoms with Gasteiger partial charge in [0, 0.05) is 25.3 Å². The van der Waals surface area contributed by atoms with Gasteiger partial charge in [-0.15, -0.1) is 13.2 Å². The summed E-state index contributed by atoms with van der Waals surface area (Å²) < 4.78 is 44.5. The third-order valence-corrected chi connectivity index (χ3v) is 2.53. The number of amides is 1. The number of ether oxygens (including phenoxy) is 2. The van der Waals surface area contributed by atoms with Gasteiger partial charge >= 0.3 is 6.36 Å². The minimum absolute atomic E-state index is 0.183. The van der Waals surface area contributed by atoms with Gasteiger partial charge in [-0.2, -0.15) is 0 Å². The van der Waals surface area contributed by atoms with Crippen molar-refractivity contribution in [2.45, 2.75) is 18.8 Å². The highest BCUT2D eigenvalue weighted by atomic mass is 19.4. The van der Waals surface area contributed by atoms with Gasteiger partial charge in [0.1, 0.15) is 5.75 Å². The maximum Gasteiger partial charge on any atom is 0.573 e. The molecule has 0 aliphatic rings. The molecule has 0 radical (unpaired) electrons. The Kier molecular flexibility index (Phi) is 6.44. The summed E-state index contributed by atoms with van der Waals surface area (Å²) in [6, 6.07) is 4.49. The van der Waals surface area contributed by atoms with Gasteiger partial charge in [0.25, 0.3) is 5.91 Å². The molecule has 0 aliphatic heterocycles. The van der Waals surface area contributed by atoms with Gasteiger partial charge in [0.05, 0.1) is 6.61 Å². The van der Waals surface area contributed by atoms with Crippen LogP contribution in [0, 0.1) is 0 Å². The van der Waals surface area contributed by atoms with Crippen LogP contribution >= 0.6 is 0 Å². The molecule has 118 valence electrons. The van der Waals surface area contributed by atoms with E-state index in [1.807, 2.05) is 0 Å². The Morgan fingerprint density at radius 2 is 1.95 bits per heavy atom. The first kappa shape index (κ1) is 17.3. The van der Waals surface area contributed by atoms with Crippen LogP contribution in [0.25, 0.3) is 0 Å². The van der Waals surface area contributed by atoms with Crippen molar-refractivity contribution in [3.05, 3.63) is 29.8 Å². The molecule has 0 saturated heterocycles. The lowest BCUT2D eigenvalue weighted by Crippen LogP contribution is -2.32. The fourth-order valence-corrected chi connectivity index (χ4v) is 1.58. The topological polar surface area (TPSA) is 73.6 Å². The molecule has 0 bridgehead atoms. The molecule has 3 N–H and O–H groups in total. The van der Waals surface area contributed by atoms with Crippen molar-refractivity contribution in [2.75, 3.05) is 20.3 Å². The van der Waals surface area contributed by atoms with Gasteiger partial charge in [-0.05, 0) is 30.7 Å². The number of nitrogens with two attached hydrogens (primary N) is 1. The van der Waals surface area contributed by atoms with Crippen LogP contribution in [-0.2, 0) is 4.74 Å². The van der Waals surface area contributed by atoms with Crippen molar-refractivity contribution >= 4 is 5.91 Å². The summed E-state index contributed by atoms with van der Waals surface area (Å²) >= 11 is 0. The first-order chi connectivity index (χ1) is 9.81. The predicted molar refractivity (Wildman–Crippen MR) is 69.9 cm³/mol. The van der Waals surface area contributed by atoms with Crippen molar-refractivity contribution in [3.63, 3.8) is 0 Å². The average Bonchev–Trinajstić information content (AvgIpc) is 2.38. The predicted octanol–water partition coefficient (Wildman–Crippen LogP) is 1.68. The zero-order valence-corrected chi connectivity index (χ0v) is 11.4. The molecule has 21 heavy (non-hydrogen) atoms. The van der Waals surface area contributed by atoms with Gasteiger partial charge in [0.15, 0.2) is 0 Å². The van der Waals surface area contributed by atoms with Crippen LogP contribution in [-0.4, -0.2) is 38.6 Å². The second kappa shape index (κ2) is 7.84. The highest BCUT2D eigenvalue weighted by Gasteiger charge is 2.31. The number of benzene rings is 1. The molecule has 0 saturated carbocycles. The Labute approximate surface area is 120 Å². The van der Waals surface area contributed by atoms with Crippen molar-refractivity contribution in [1.29, 1.82) is 0 Å². The van der Waals surface area contributed by atoms with E-state index in [-0.39, 0.29) is 17.4 Å². The largest absolute Gasteiger partial charge is 0.573 e. The van der Waals surface area contributed by atoms with Gasteiger partial charge in [-0.25, -0.2) is 0 Å². The Balaban J connectivity index is 2.44. The number of carbonyl (C=O) groups is 1. The number of hydrogen-bond acceptors (Lipinski definition) is 4. The quantitative estimate of drug-likeness (QED) is 0.804. The number of rotatable bonds is 7. The Hall–Kier alpha value is -1.80. The normalized spacial score (nSPS) is 12.8. The van der Waals surface area contributed by atoms with Crippen LogP contribution < -0.4 is 15.8 Å². The number of methoxy groups -OCH3 is 1. The molecule has 1 rings (SSSR count). The SMILES string of the molecule is COCC(N)CCNC(=O)c1ccc(OC(F)(F)F)cc1. The van der Waals surface area contributed by atoms with Crippen molar-refractivity contribution in [1.82, 2.24) is 5.32 Å². The molecule has 1 unspecified atom stereocenters. The number of carbonyl (C=O) groups excluding carboxylic acids is 1. The summed E-state index contributed by atoms with van der Waals surface area (Å²) in [5, 5.41) is 2.62. The Morgan fingerprint density at radius 3 is 2.48 bits per heavy atom. The van der Waals surface area contributed by atoms with Gasteiger partial charge in [0.2, 0.25) is 0 Å². The number of alkyl halides is 3. The first-order valence-electron chi connectivity index (χ1n) is 6.20. The maximum atomic E-state index is 12.0. The molecule has 0 heterocycles. The summed E-state index contributed by atoms with van der Waals surface area (Å²) in [6.45, 7) is 0.740. The maximum absolute atomic E-state index is 12.0. The highest BCUT2D eigenvalue weighted by Crippen LogP contribution is 2.22. The Morgan fingerprint density at radius 1 is 1.33 bits per heavy atom. The molecule has 8 heteroatoms. The van der Waals surface area contributed by atoms with E-state index < -0.39 is 12.3 Å². The fraction of sp³-hybridized carbons (Fsp3) is 0.462. The molecule has 0 aliphatic carbocycles. The molecular weight excluding hydrogens is 289 g/mol. The molecule has 0 aromatic heterocycles. The van der Waals surface area contributed by atoms with Crippen LogP contribution in [0.15, 0.2) is 24.3 Å². The van der Waals surface area contributed by atoms with Crippen molar-refractivity contribution in [3.8, 4) is 5.75 Å². The van der Waals surface area contributed by atoms with Crippen LogP contribution in [0.2, 0.25) is 0 Å². The van der Waals surface area contributed by atoms with E-state index in [2.05, 4.69) is 10.1 Å². The van der Waals surface area contributed by atoms with Crippen molar-refractivity contribution < 1.29 is 27.4 Å². The highest BCUT2D eigenvalue weighted by molar-refractivity contribution is 5.94. The van der Waals surface area contributed by atoms with E-state index in [0.29, 0.717) is 19.6 Å². The second-order valence-corrected chi connectivity index (χ2v) is 4.33. The minimum atomic E-state index is -4.75. The smallest absolute Gasteiger partial charge is 0.406 e. The first-order valence-corrected chi connectivity index (χ1v) is 6.20. The number of halogens is 3. The molecule has 0 spiro atoms. The van der Waals surface area contributed by atoms with Crippen molar-refractivity contribution in [2.24, 2.45) is 5.73 Å². The Bertz CT molecular complexity index is 449. The minimum Gasteiger partial charge on any atom is -0.406 e. The van der Waals surface area contributed by atoms with E-state index in [1.54, 1.807) is 0 Å². The monoisotopic (exact) mass is 306 g/mol. The molecule has 0 fully saturated rings. The lowest BCUT2D eigenvalue weighted by atomic mass is 10.2. The standard InChI is InChI=1S/C13H17F3N2O3/c1-20-8-10(17)6-7-18-12(19)9-2-4-11(5-3-9)21-13(14,15)16/h2-5,10H,6-8,17H2,1H3,(H,18,19). The number of nitrogens with one attached hydrogen (secondary N) is 1. The number of hydrogen-bond donors (Lipinski definition) is 2. The van der Waals surface area contributed by atoms with E-state index >= 15 is 0 Å². The zero-order chi connectivity index (χ0) is 15.9. The van der Waals surface area contributed by atoms with Gasteiger partial charge in [-0.1, -0.05) is 0 Å². The van der Waals surface area contributed by atoms with E-state index in [4.69, 9.17) is 10.5 Å². The third-order valence-electron chi connectivity index (χ3n) is 2.53. The molecule has 1 aromatic carbocycles. The average molecular weight is 306 g/mol. The molecular formula is C13H17F3N2O3.